The summed E-state index contributed by atoms with van der Waals surface area (Å²) in [4.78, 5) is 7.89. The molecule has 0 aromatic carbocycles. The van der Waals surface area contributed by atoms with Crippen LogP contribution in [0.3, 0.4) is 0 Å². The Balaban J connectivity index is 3.00. The van der Waals surface area contributed by atoms with Crippen LogP contribution in [0.5, 0.6) is 0 Å². The summed E-state index contributed by atoms with van der Waals surface area (Å²) in [7, 11) is 1.98. The first-order chi connectivity index (χ1) is 5.70. The Labute approximate surface area is 80.8 Å². The third-order valence-corrected chi connectivity index (χ3v) is 2.31. The fraction of sp³-hybridized carbons (Fsp3) is 0.375. The van der Waals surface area contributed by atoms with Crippen LogP contribution in [-0.2, 0) is 0 Å². The van der Waals surface area contributed by atoms with Gasteiger partial charge in [0.15, 0.2) is 0 Å². The molecule has 0 aliphatic carbocycles. The Bertz CT molecular complexity index is 265. The standard InChI is InChI=1S/C8H12BrN3/c1-3-6-5-11-8(10)7(4-9)12(6)2/h4-5H,3H2,1-2H3,(H2,10,11)/b7-4+. The number of rotatable bonds is 1. The smallest absolute Gasteiger partial charge is 0.147 e. The highest BCUT2D eigenvalue weighted by atomic mass is 79.9. The van der Waals surface area contributed by atoms with Crippen molar-refractivity contribution in [3.05, 3.63) is 22.6 Å². The molecule has 0 aromatic heterocycles. The Morgan fingerprint density at radius 1 is 1.75 bits per heavy atom. The van der Waals surface area contributed by atoms with Crippen LogP contribution in [0, 0.1) is 0 Å². The molecule has 3 nitrogen and oxygen atoms in total. The number of hydrogen-bond acceptors (Lipinski definition) is 3. The molecule has 0 fully saturated rings. The van der Waals surface area contributed by atoms with Gasteiger partial charge in [-0.1, -0.05) is 22.9 Å². The molecule has 0 amide bonds. The minimum absolute atomic E-state index is 0.548. The van der Waals surface area contributed by atoms with E-state index in [9.17, 15) is 0 Å². The van der Waals surface area contributed by atoms with Crippen LogP contribution in [0.2, 0.25) is 0 Å². The van der Waals surface area contributed by atoms with Gasteiger partial charge in [-0.2, -0.15) is 0 Å². The first kappa shape index (κ1) is 9.32. The second-order valence-corrected chi connectivity index (χ2v) is 3.00. The van der Waals surface area contributed by atoms with Gasteiger partial charge in [0.2, 0.25) is 0 Å². The summed E-state index contributed by atoms with van der Waals surface area (Å²) in [5.41, 5.74) is 7.74. The van der Waals surface area contributed by atoms with Crippen LogP contribution in [0.25, 0.3) is 0 Å². The van der Waals surface area contributed by atoms with E-state index in [0.29, 0.717) is 5.84 Å². The fourth-order valence-corrected chi connectivity index (χ4v) is 1.62. The molecule has 0 radical (unpaired) electrons. The van der Waals surface area contributed by atoms with E-state index in [1.807, 2.05) is 11.9 Å². The molecule has 1 aliphatic rings. The van der Waals surface area contributed by atoms with Crippen molar-refractivity contribution in [2.45, 2.75) is 13.3 Å². The van der Waals surface area contributed by atoms with Gasteiger partial charge in [0.25, 0.3) is 0 Å². The zero-order valence-corrected chi connectivity index (χ0v) is 8.80. The summed E-state index contributed by atoms with van der Waals surface area (Å²) in [6, 6.07) is 0. The minimum atomic E-state index is 0.548. The van der Waals surface area contributed by atoms with Gasteiger partial charge in [-0.15, -0.1) is 0 Å². The van der Waals surface area contributed by atoms with E-state index >= 15 is 0 Å². The first-order valence-electron chi connectivity index (χ1n) is 3.77. The Morgan fingerprint density at radius 3 is 2.92 bits per heavy atom. The number of hydrogen-bond donors (Lipinski definition) is 1. The van der Waals surface area contributed by atoms with Crippen molar-refractivity contribution in [1.82, 2.24) is 4.90 Å². The number of halogens is 1. The monoisotopic (exact) mass is 229 g/mol. The number of nitrogens with zero attached hydrogens (tertiary/aromatic N) is 2. The Morgan fingerprint density at radius 2 is 2.42 bits per heavy atom. The summed E-state index contributed by atoms with van der Waals surface area (Å²) >= 11 is 3.26. The predicted molar refractivity (Wildman–Crippen MR) is 54.8 cm³/mol. The van der Waals surface area contributed by atoms with E-state index in [2.05, 4.69) is 27.8 Å². The van der Waals surface area contributed by atoms with Crippen molar-refractivity contribution in [1.29, 1.82) is 0 Å². The Kier molecular flexibility index (Phi) is 2.92. The van der Waals surface area contributed by atoms with E-state index in [-0.39, 0.29) is 0 Å². The van der Waals surface area contributed by atoms with Crippen LogP contribution < -0.4 is 5.73 Å². The molecular weight excluding hydrogens is 218 g/mol. The van der Waals surface area contributed by atoms with Crippen molar-refractivity contribution in [2.24, 2.45) is 10.7 Å². The molecule has 0 aromatic rings. The molecule has 1 heterocycles. The fourth-order valence-electron chi connectivity index (χ4n) is 1.08. The lowest BCUT2D eigenvalue weighted by Crippen LogP contribution is -2.30. The highest BCUT2D eigenvalue weighted by Gasteiger charge is 2.14. The molecule has 66 valence electrons. The largest absolute Gasteiger partial charge is 0.382 e. The normalized spacial score (nSPS) is 20.9. The zero-order chi connectivity index (χ0) is 9.14. The summed E-state index contributed by atoms with van der Waals surface area (Å²) in [6.07, 6.45) is 2.76. The lowest BCUT2D eigenvalue weighted by atomic mass is 10.2. The van der Waals surface area contributed by atoms with Crippen molar-refractivity contribution in [2.75, 3.05) is 7.05 Å². The maximum atomic E-state index is 5.66. The summed E-state index contributed by atoms with van der Waals surface area (Å²) in [5.74, 6) is 0.548. The maximum absolute atomic E-state index is 5.66. The van der Waals surface area contributed by atoms with E-state index in [4.69, 9.17) is 5.73 Å². The second-order valence-electron chi connectivity index (χ2n) is 2.54. The molecule has 0 bridgehead atoms. The maximum Gasteiger partial charge on any atom is 0.147 e. The van der Waals surface area contributed by atoms with Crippen molar-refractivity contribution < 1.29 is 0 Å². The summed E-state index contributed by atoms with van der Waals surface area (Å²) < 4.78 is 0. The second kappa shape index (κ2) is 3.76. The van der Waals surface area contributed by atoms with Gasteiger partial charge in [0.05, 0.1) is 5.70 Å². The molecule has 1 aliphatic heterocycles. The number of aliphatic imine (C=N–C) groups is 1. The van der Waals surface area contributed by atoms with Gasteiger partial charge < -0.3 is 10.6 Å². The van der Waals surface area contributed by atoms with Gasteiger partial charge in [-0.05, 0) is 6.42 Å². The van der Waals surface area contributed by atoms with Crippen LogP contribution in [-0.4, -0.2) is 17.8 Å². The summed E-state index contributed by atoms with van der Waals surface area (Å²) in [6.45, 7) is 2.09. The molecule has 1 rings (SSSR count). The molecule has 12 heavy (non-hydrogen) atoms. The molecule has 2 N–H and O–H groups in total. The SMILES string of the molecule is CCC1=CN=C(N)/C(=C\Br)N1C. The highest BCUT2D eigenvalue weighted by Crippen LogP contribution is 2.19. The van der Waals surface area contributed by atoms with Crippen molar-refractivity contribution >= 4 is 21.8 Å². The van der Waals surface area contributed by atoms with E-state index < -0.39 is 0 Å². The third-order valence-electron chi connectivity index (χ3n) is 1.87. The van der Waals surface area contributed by atoms with Crippen LogP contribution in [0.1, 0.15) is 13.3 Å². The van der Waals surface area contributed by atoms with E-state index in [1.165, 1.54) is 0 Å². The van der Waals surface area contributed by atoms with Gasteiger partial charge in [0.1, 0.15) is 5.84 Å². The third kappa shape index (κ3) is 1.53. The van der Waals surface area contributed by atoms with Crippen LogP contribution >= 0.6 is 15.9 Å². The topological polar surface area (TPSA) is 41.6 Å². The Hall–Kier alpha value is -0.770. The molecule has 4 heteroatoms. The zero-order valence-electron chi connectivity index (χ0n) is 7.21. The summed E-state index contributed by atoms with van der Waals surface area (Å²) in [5, 5.41) is 0. The lowest BCUT2D eigenvalue weighted by Gasteiger charge is -2.26. The number of allylic oxidation sites excluding steroid dienone is 1. The quantitative estimate of drug-likeness (QED) is 0.745. The molecule has 0 atom stereocenters. The van der Waals surface area contributed by atoms with Gasteiger partial charge in [-0.25, -0.2) is 4.99 Å². The number of likely N-dealkylation sites (N-methyl/N-ethyl adjacent to an activating group) is 1. The lowest BCUT2D eigenvalue weighted by molar-refractivity contribution is 0.517. The van der Waals surface area contributed by atoms with Gasteiger partial charge in [0, 0.05) is 23.9 Å². The molecular formula is C8H12BrN3. The molecule has 0 saturated heterocycles. The minimum Gasteiger partial charge on any atom is -0.382 e. The molecule has 0 spiro atoms. The van der Waals surface area contributed by atoms with Gasteiger partial charge >= 0.3 is 0 Å². The predicted octanol–water partition coefficient (Wildman–Crippen LogP) is 1.78. The van der Waals surface area contributed by atoms with Crippen LogP contribution in [0.15, 0.2) is 27.6 Å². The molecule has 0 unspecified atom stereocenters. The number of nitrogens with two attached hydrogens (primary N) is 1. The van der Waals surface area contributed by atoms with Crippen LogP contribution in [0.4, 0.5) is 0 Å². The average molecular weight is 230 g/mol. The highest BCUT2D eigenvalue weighted by molar-refractivity contribution is 9.11. The average Bonchev–Trinajstić information content (AvgIpc) is 2.06. The molecule has 0 saturated carbocycles. The van der Waals surface area contributed by atoms with Crippen molar-refractivity contribution in [3.8, 4) is 0 Å². The number of amidine groups is 1. The van der Waals surface area contributed by atoms with Crippen molar-refractivity contribution in [3.63, 3.8) is 0 Å². The van der Waals surface area contributed by atoms with E-state index in [1.54, 1.807) is 11.2 Å². The first-order valence-corrected chi connectivity index (χ1v) is 4.69. The van der Waals surface area contributed by atoms with Gasteiger partial charge in [-0.3, -0.25) is 0 Å². The van der Waals surface area contributed by atoms with E-state index in [0.717, 1.165) is 17.8 Å².